The number of carbonyl (C=O) groups excluding carboxylic acids is 3. The standard InChI is InChI=1S/C19H23N5O2.2C18H21N5O2/c1-11-16(20)21-10-22-17(11)23-12-8-13-15(14(9-12)26-2)18(25)24-19(13)6-4-3-5-7-19;2*1-10-15(19)20-9-21-16(10)22-11-7-12-14(13(24)8-11)17(25)23-18(12)5-3-2-4-6-18/h8-10H,3-7H2,1-2H3,(H,24,25)(H3,20,21,22,23);2*7-9,24H,2-6H2,1H3,(H,23,25)(H3,19,20,21,22). The molecule has 6 aliphatic rings. The third kappa shape index (κ3) is 9.38. The van der Waals surface area contributed by atoms with Gasteiger partial charge in [0.05, 0.1) is 40.4 Å². The molecular formula is C55H65N15O6. The lowest BCUT2D eigenvalue weighted by Gasteiger charge is -2.34. The first kappa shape index (κ1) is 51.0. The predicted molar refractivity (Wildman–Crippen MR) is 289 cm³/mol. The van der Waals surface area contributed by atoms with Crippen molar-refractivity contribution < 1.29 is 29.3 Å². The number of ether oxygens (including phenoxy) is 1. The van der Waals surface area contributed by atoms with Crippen molar-refractivity contribution in [1.82, 2.24) is 45.9 Å². The van der Waals surface area contributed by atoms with Crippen LogP contribution in [-0.4, -0.2) is 64.9 Å². The van der Waals surface area contributed by atoms with E-state index in [1.165, 1.54) is 38.2 Å². The van der Waals surface area contributed by atoms with Crippen LogP contribution in [0.4, 0.5) is 52.0 Å². The highest BCUT2D eigenvalue weighted by molar-refractivity contribution is 6.05. The Morgan fingerprint density at radius 3 is 1.09 bits per heavy atom. The third-order valence-corrected chi connectivity index (χ3v) is 16.1. The maximum absolute atomic E-state index is 12.6. The van der Waals surface area contributed by atoms with Crippen LogP contribution in [0.25, 0.3) is 0 Å². The molecule has 21 heteroatoms. The first-order valence-electron chi connectivity index (χ1n) is 26.0. The van der Waals surface area contributed by atoms with Crippen LogP contribution in [0.2, 0.25) is 0 Å². The number of benzene rings is 3. The van der Waals surface area contributed by atoms with Gasteiger partial charge >= 0.3 is 0 Å². The quantitative estimate of drug-likeness (QED) is 0.0714. The Kier molecular flexibility index (Phi) is 13.6. The van der Waals surface area contributed by atoms with Gasteiger partial charge in [0, 0.05) is 52.0 Å². The summed E-state index contributed by atoms with van der Waals surface area (Å²) in [5.74, 6) is 3.18. The van der Waals surface area contributed by atoms with Crippen LogP contribution in [0.3, 0.4) is 0 Å². The first-order chi connectivity index (χ1) is 36.5. The second-order valence-electron chi connectivity index (χ2n) is 20.8. The fraction of sp³-hybridized carbons (Fsp3) is 0.400. The Morgan fingerprint density at radius 1 is 0.461 bits per heavy atom. The number of aromatic hydroxyl groups is 2. The number of carbonyl (C=O) groups is 3. The molecule has 3 spiro atoms. The van der Waals surface area contributed by atoms with E-state index in [0.29, 0.717) is 68.7 Å². The predicted octanol–water partition coefficient (Wildman–Crippen LogP) is 8.46. The van der Waals surface area contributed by atoms with Gasteiger partial charge in [-0.1, -0.05) is 57.8 Å². The fourth-order valence-electron chi connectivity index (χ4n) is 12.0. The minimum absolute atomic E-state index is 0.0142. The molecule has 14 N–H and O–H groups in total. The van der Waals surface area contributed by atoms with Gasteiger partial charge in [-0.2, -0.15) is 0 Å². The van der Waals surface area contributed by atoms with Gasteiger partial charge in [-0.15, -0.1) is 0 Å². The molecule has 3 aliphatic heterocycles. The van der Waals surface area contributed by atoms with E-state index in [9.17, 15) is 24.6 Å². The minimum atomic E-state index is -0.362. The Hall–Kier alpha value is -8.49. The number of phenols is 2. The molecule has 0 radical (unpaired) electrons. The van der Waals surface area contributed by atoms with Crippen LogP contribution >= 0.6 is 0 Å². The molecule has 396 valence electrons. The number of hydrogen-bond donors (Lipinski definition) is 11. The Balaban J connectivity index is 0.000000130. The van der Waals surface area contributed by atoms with E-state index in [2.05, 4.69) is 61.8 Å². The van der Waals surface area contributed by atoms with Gasteiger partial charge in [0.25, 0.3) is 17.7 Å². The van der Waals surface area contributed by atoms with E-state index < -0.39 is 0 Å². The topological polar surface area (TPSA) is 328 Å². The molecule has 6 heterocycles. The normalized spacial score (nSPS) is 17.9. The summed E-state index contributed by atoms with van der Waals surface area (Å²) in [6, 6.07) is 10.9. The summed E-state index contributed by atoms with van der Waals surface area (Å²) >= 11 is 0. The van der Waals surface area contributed by atoms with Crippen LogP contribution in [0.1, 0.15) is 161 Å². The van der Waals surface area contributed by atoms with Gasteiger partial charge in [-0.3, -0.25) is 14.4 Å². The molecule has 6 aromatic rings. The van der Waals surface area contributed by atoms with Crippen molar-refractivity contribution in [3.8, 4) is 17.2 Å². The lowest BCUT2D eigenvalue weighted by atomic mass is 9.77. The number of nitrogens with zero attached hydrogens (tertiary/aromatic N) is 6. The highest BCUT2D eigenvalue weighted by atomic mass is 16.5. The number of hydrogen-bond acceptors (Lipinski definition) is 18. The molecule has 0 unspecified atom stereocenters. The number of phenolic OH excluding ortho intramolecular Hbond substituents is 2. The minimum Gasteiger partial charge on any atom is -0.507 e. The summed E-state index contributed by atoms with van der Waals surface area (Å²) in [5.41, 5.74) is 25.2. The van der Waals surface area contributed by atoms with Crippen molar-refractivity contribution in [2.45, 2.75) is 134 Å². The largest absolute Gasteiger partial charge is 0.507 e. The average Bonchev–Trinajstić information content (AvgIpc) is 3.98. The van der Waals surface area contributed by atoms with Gasteiger partial charge < -0.3 is 64.1 Å². The van der Waals surface area contributed by atoms with Crippen LogP contribution in [0, 0.1) is 20.8 Å². The number of fused-ring (bicyclic) bond motifs is 6. The molecule has 3 aromatic heterocycles. The number of methoxy groups -OCH3 is 1. The lowest BCUT2D eigenvalue weighted by Crippen LogP contribution is -2.40. The molecular weight excluding hydrogens is 967 g/mol. The Morgan fingerprint density at radius 2 is 0.763 bits per heavy atom. The zero-order valence-electron chi connectivity index (χ0n) is 43.2. The second kappa shape index (κ2) is 20.3. The van der Waals surface area contributed by atoms with Crippen molar-refractivity contribution >= 4 is 69.7 Å². The summed E-state index contributed by atoms with van der Waals surface area (Å²) in [7, 11) is 1.59. The summed E-state index contributed by atoms with van der Waals surface area (Å²) < 4.78 is 5.54. The number of nitrogens with one attached hydrogen (secondary N) is 6. The third-order valence-electron chi connectivity index (χ3n) is 16.1. The second-order valence-corrected chi connectivity index (χ2v) is 20.8. The summed E-state index contributed by atoms with van der Waals surface area (Å²) in [5, 5.41) is 40.0. The number of nitrogen functional groups attached to an aromatic ring is 3. The lowest BCUT2D eigenvalue weighted by molar-refractivity contribution is 0.0898. The summed E-state index contributed by atoms with van der Waals surface area (Å²) in [6.45, 7) is 5.53. The number of nitrogens with two attached hydrogens (primary N) is 3. The number of aromatic nitrogens is 6. The molecule has 3 saturated carbocycles. The van der Waals surface area contributed by atoms with Crippen molar-refractivity contribution in [1.29, 1.82) is 0 Å². The molecule has 0 atom stereocenters. The number of amides is 3. The molecule has 0 saturated heterocycles. The molecule has 3 amide bonds. The highest BCUT2D eigenvalue weighted by Crippen LogP contribution is 2.49. The van der Waals surface area contributed by atoms with Crippen LogP contribution in [0.5, 0.6) is 17.2 Å². The van der Waals surface area contributed by atoms with Crippen molar-refractivity contribution in [2.75, 3.05) is 40.3 Å². The van der Waals surface area contributed by atoms with Crippen molar-refractivity contribution in [3.63, 3.8) is 0 Å². The maximum Gasteiger partial charge on any atom is 0.256 e. The maximum atomic E-state index is 12.6. The first-order valence-corrected chi connectivity index (χ1v) is 26.0. The number of anilines is 9. The van der Waals surface area contributed by atoms with Crippen molar-refractivity contribution in [3.05, 3.63) is 105 Å². The van der Waals surface area contributed by atoms with E-state index in [1.807, 2.05) is 45.0 Å². The van der Waals surface area contributed by atoms with E-state index in [4.69, 9.17) is 21.9 Å². The van der Waals surface area contributed by atoms with E-state index >= 15 is 0 Å². The Bertz CT molecular complexity index is 3130. The van der Waals surface area contributed by atoms with Gasteiger partial charge in [-0.25, -0.2) is 29.9 Å². The monoisotopic (exact) mass is 1030 g/mol. The van der Waals surface area contributed by atoms with E-state index in [1.54, 1.807) is 19.2 Å². The van der Waals surface area contributed by atoms with Crippen LogP contribution in [0.15, 0.2) is 55.4 Å². The number of rotatable bonds is 7. The van der Waals surface area contributed by atoms with E-state index in [-0.39, 0.29) is 45.8 Å². The van der Waals surface area contributed by atoms with E-state index in [0.717, 1.165) is 116 Å². The summed E-state index contributed by atoms with van der Waals surface area (Å²) in [6.07, 6.45) is 19.8. The molecule has 3 aliphatic carbocycles. The SMILES string of the molecule is COc1cc(Nc2ncnc(N)c2C)cc2c1C(=O)NC21CCCCC1.Cc1c(N)ncnc1Nc1cc(O)c2c(c1)C1(CCCCC1)NC2=O.Cc1c(N)ncnc1Nc1cc(O)c2c(c1)C1(CCCCC1)NC2=O. The molecule has 3 aromatic carbocycles. The van der Waals surface area contributed by atoms with Gasteiger partial charge in [-0.05, 0) is 94.2 Å². The molecule has 76 heavy (non-hydrogen) atoms. The zero-order valence-corrected chi connectivity index (χ0v) is 43.2. The molecule has 21 nitrogen and oxygen atoms in total. The van der Waals surface area contributed by atoms with Crippen LogP contribution in [-0.2, 0) is 16.6 Å². The molecule has 12 rings (SSSR count). The zero-order chi connectivity index (χ0) is 53.5. The van der Waals surface area contributed by atoms with Gasteiger partial charge in [0.15, 0.2) is 0 Å². The molecule has 0 bridgehead atoms. The summed E-state index contributed by atoms with van der Waals surface area (Å²) in [4.78, 5) is 62.0. The average molecular weight is 1030 g/mol. The van der Waals surface area contributed by atoms with Crippen molar-refractivity contribution in [2.24, 2.45) is 0 Å². The smallest absolute Gasteiger partial charge is 0.256 e. The highest BCUT2D eigenvalue weighted by Gasteiger charge is 2.48. The fourth-order valence-corrected chi connectivity index (χ4v) is 12.0. The van der Waals surface area contributed by atoms with Gasteiger partial charge in [0.2, 0.25) is 0 Å². The Labute approximate surface area is 440 Å². The van der Waals surface area contributed by atoms with Crippen LogP contribution < -0.4 is 53.8 Å². The molecule has 3 fully saturated rings. The van der Waals surface area contributed by atoms with Gasteiger partial charge in [0.1, 0.15) is 71.1 Å².